The van der Waals surface area contributed by atoms with Crippen molar-refractivity contribution >= 4 is 17.2 Å². The molecule has 0 spiro atoms. The van der Waals surface area contributed by atoms with Crippen molar-refractivity contribution in [3.63, 3.8) is 0 Å². The Kier molecular flexibility index (Phi) is 3.92. The van der Waals surface area contributed by atoms with Gasteiger partial charge in [-0.25, -0.2) is 4.98 Å². The first-order valence-electron chi connectivity index (χ1n) is 7.15. The van der Waals surface area contributed by atoms with Crippen LogP contribution in [0.3, 0.4) is 0 Å². The van der Waals surface area contributed by atoms with Crippen molar-refractivity contribution in [1.29, 1.82) is 0 Å². The predicted molar refractivity (Wildman–Crippen MR) is 83.8 cm³/mol. The van der Waals surface area contributed by atoms with Gasteiger partial charge in [-0.3, -0.25) is 0 Å². The Hall–Kier alpha value is -1.55. The number of fused-ring (bicyclic) bond motifs is 1. The molecule has 0 unspecified atom stereocenters. The van der Waals surface area contributed by atoms with Crippen molar-refractivity contribution in [2.24, 2.45) is 0 Å². The second kappa shape index (κ2) is 5.83. The molecule has 1 aliphatic rings. The summed E-state index contributed by atoms with van der Waals surface area (Å²) in [7, 11) is 0. The first-order valence-corrected chi connectivity index (χ1v) is 7.96. The highest BCUT2D eigenvalue weighted by Crippen LogP contribution is 2.28. The molecular weight excluding hydrogens is 268 g/mol. The molecule has 0 saturated heterocycles. The summed E-state index contributed by atoms with van der Waals surface area (Å²) in [6.45, 7) is 5.82. The van der Waals surface area contributed by atoms with Gasteiger partial charge in [-0.15, -0.1) is 11.3 Å². The van der Waals surface area contributed by atoms with E-state index >= 15 is 0 Å². The van der Waals surface area contributed by atoms with Crippen molar-refractivity contribution in [2.75, 3.05) is 11.9 Å². The average molecular weight is 288 g/mol. The SMILES string of the molecule is Cc1ccc(OCc2nc3c(s2)CCCCN3)cc1C. The Labute approximate surface area is 124 Å². The Morgan fingerprint density at radius 2 is 2.15 bits per heavy atom. The fourth-order valence-electron chi connectivity index (χ4n) is 2.34. The Morgan fingerprint density at radius 1 is 1.25 bits per heavy atom. The molecule has 0 bridgehead atoms. The highest BCUT2D eigenvalue weighted by atomic mass is 32.1. The van der Waals surface area contributed by atoms with Gasteiger partial charge in [0.2, 0.25) is 0 Å². The van der Waals surface area contributed by atoms with Crippen molar-refractivity contribution in [1.82, 2.24) is 4.98 Å². The number of nitrogens with one attached hydrogen (secondary N) is 1. The zero-order valence-corrected chi connectivity index (χ0v) is 12.8. The van der Waals surface area contributed by atoms with E-state index in [0.29, 0.717) is 6.61 Å². The molecule has 0 fully saturated rings. The highest BCUT2D eigenvalue weighted by molar-refractivity contribution is 7.12. The van der Waals surface area contributed by atoms with Crippen molar-refractivity contribution in [2.45, 2.75) is 39.7 Å². The maximum atomic E-state index is 5.86. The number of aromatic nitrogens is 1. The Morgan fingerprint density at radius 3 is 3.00 bits per heavy atom. The summed E-state index contributed by atoms with van der Waals surface area (Å²) in [5.41, 5.74) is 2.56. The van der Waals surface area contributed by atoms with Crippen LogP contribution in [0.15, 0.2) is 18.2 Å². The van der Waals surface area contributed by atoms with E-state index in [0.717, 1.165) is 29.5 Å². The number of aryl methyl sites for hydroxylation is 3. The van der Waals surface area contributed by atoms with Gasteiger partial charge in [0.25, 0.3) is 0 Å². The average Bonchev–Trinajstić information content (AvgIpc) is 2.70. The van der Waals surface area contributed by atoms with Crippen LogP contribution >= 0.6 is 11.3 Å². The minimum Gasteiger partial charge on any atom is -0.486 e. The molecule has 3 nitrogen and oxygen atoms in total. The Balaban J connectivity index is 1.67. The van der Waals surface area contributed by atoms with Gasteiger partial charge in [-0.2, -0.15) is 0 Å². The molecule has 2 aromatic rings. The minimum absolute atomic E-state index is 0.557. The van der Waals surface area contributed by atoms with Crippen LogP contribution < -0.4 is 10.1 Å². The third-order valence-electron chi connectivity index (χ3n) is 3.71. The number of nitrogens with zero attached hydrogens (tertiary/aromatic N) is 1. The lowest BCUT2D eigenvalue weighted by atomic mass is 10.1. The van der Waals surface area contributed by atoms with Crippen LogP contribution in [0.2, 0.25) is 0 Å². The van der Waals surface area contributed by atoms with Crippen LogP contribution in [0.4, 0.5) is 5.82 Å². The van der Waals surface area contributed by atoms with Crippen molar-refractivity contribution in [3.8, 4) is 5.75 Å². The number of benzene rings is 1. The lowest BCUT2D eigenvalue weighted by Gasteiger charge is -2.06. The molecule has 0 radical (unpaired) electrons. The maximum absolute atomic E-state index is 5.86. The quantitative estimate of drug-likeness (QED) is 0.923. The van der Waals surface area contributed by atoms with Crippen LogP contribution in [-0.2, 0) is 13.0 Å². The van der Waals surface area contributed by atoms with Crippen LogP contribution in [-0.4, -0.2) is 11.5 Å². The molecule has 0 aliphatic carbocycles. The zero-order chi connectivity index (χ0) is 13.9. The summed E-state index contributed by atoms with van der Waals surface area (Å²) in [6.07, 6.45) is 3.63. The molecule has 2 heterocycles. The second-order valence-electron chi connectivity index (χ2n) is 5.30. The van der Waals surface area contributed by atoms with Gasteiger partial charge in [0, 0.05) is 11.4 Å². The molecule has 1 aliphatic heterocycles. The lowest BCUT2D eigenvalue weighted by Crippen LogP contribution is -2.01. The summed E-state index contributed by atoms with van der Waals surface area (Å²) in [6, 6.07) is 6.22. The van der Waals surface area contributed by atoms with Gasteiger partial charge in [0.1, 0.15) is 23.2 Å². The van der Waals surface area contributed by atoms with Crippen LogP contribution in [0.25, 0.3) is 0 Å². The normalized spacial score (nSPS) is 14.3. The van der Waals surface area contributed by atoms with Crippen LogP contribution in [0.1, 0.15) is 33.9 Å². The second-order valence-corrected chi connectivity index (χ2v) is 6.47. The minimum atomic E-state index is 0.557. The number of anilines is 1. The smallest absolute Gasteiger partial charge is 0.140 e. The van der Waals surface area contributed by atoms with Gasteiger partial charge < -0.3 is 10.1 Å². The van der Waals surface area contributed by atoms with E-state index < -0.39 is 0 Å². The standard InChI is InChI=1S/C16H20N2OS/c1-11-6-7-13(9-12(11)2)19-10-15-18-16-14(20-15)5-3-4-8-17-16/h6-7,9,17H,3-5,8,10H2,1-2H3. The molecule has 0 saturated carbocycles. The predicted octanol–water partition coefficient (Wildman–Crippen LogP) is 4.09. The van der Waals surface area contributed by atoms with Crippen molar-refractivity contribution in [3.05, 3.63) is 39.2 Å². The van der Waals surface area contributed by atoms with Gasteiger partial charge >= 0.3 is 0 Å². The highest BCUT2D eigenvalue weighted by Gasteiger charge is 2.13. The lowest BCUT2D eigenvalue weighted by molar-refractivity contribution is 0.305. The number of ether oxygens (including phenoxy) is 1. The third kappa shape index (κ3) is 2.96. The molecule has 4 heteroatoms. The summed E-state index contributed by atoms with van der Waals surface area (Å²) in [5.74, 6) is 2.00. The van der Waals surface area contributed by atoms with E-state index in [1.54, 1.807) is 11.3 Å². The van der Waals surface area contributed by atoms with E-state index in [4.69, 9.17) is 4.74 Å². The molecule has 20 heavy (non-hydrogen) atoms. The van der Waals surface area contributed by atoms with E-state index in [9.17, 15) is 0 Å². The first kappa shape index (κ1) is 13.4. The first-order chi connectivity index (χ1) is 9.72. The maximum Gasteiger partial charge on any atom is 0.140 e. The number of hydrogen-bond donors (Lipinski definition) is 1. The summed E-state index contributed by atoms with van der Waals surface area (Å²) in [5, 5.41) is 4.46. The van der Waals surface area contributed by atoms with Crippen LogP contribution in [0.5, 0.6) is 5.75 Å². The van der Waals surface area contributed by atoms with Gasteiger partial charge in [-0.05, 0) is 56.4 Å². The zero-order valence-electron chi connectivity index (χ0n) is 12.0. The van der Waals surface area contributed by atoms with E-state index in [-0.39, 0.29) is 0 Å². The topological polar surface area (TPSA) is 34.1 Å². The van der Waals surface area contributed by atoms with Crippen LogP contribution in [0, 0.1) is 13.8 Å². The monoisotopic (exact) mass is 288 g/mol. The molecule has 0 atom stereocenters. The van der Waals surface area contributed by atoms with Crippen molar-refractivity contribution < 1.29 is 4.74 Å². The molecule has 1 N–H and O–H groups in total. The number of thiazole rings is 1. The fourth-order valence-corrected chi connectivity index (χ4v) is 3.34. The van der Waals surface area contributed by atoms with E-state index in [1.807, 2.05) is 6.07 Å². The molecular formula is C16H20N2OS. The molecule has 106 valence electrons. The van der Waals surface area contributed by atoms with E-state index in [1.165, 1.54) is 28.8 Å². The molecule has 3 rings (SSSR count). The largest absolute Gasteiger partial charge is 0.486 e. The van der Waals surface area contributed by atoms with Gasteiger partial charge in [0.15, 0.2) is 0 Å². The molecule has 0 amide bonds. The van der Waals surface area contributed by atoms with E-state index in [2.05, 4.69) is 36.3 Å². The fraction of sp³-hybridized carbons (Fsp3) is 0.438. The van der Waals surface area contributed by atoms with Gasteiger partial charge in [-0.1, -0.05) is 6.07 Å². The van der Waals surface area contributed by atoms with Gasteiger partial charge in [0.05, 0.1) is 0 Å². The Bertz CT molecular complexity index is 583. The number of hydrogen-bond acceptors (Lipinski definition) is 4. The molecule has 1 aromatic carbocycles. The third-order valence-corrected chi connectivity index (χ3v) is 4.79. The molecule has 1 aromatic heterocycles. The summed E-state index contributed by atoms with van der Waals surface area (Å²) in [4.78, 5) is 6.02. The summed E-state index contributed by atoms with van der Waals surface area (Å²) < 4.78 is 5.86. The number of rotatable bonds is 3. The summed E-state index contributed by atoms with van der Waals surface area (Å²) >= 11 is 1.78.